The van der Waals surface area contributed by atoms with Gasteiger partial charge in [0.25, 0.3) is 0 Å². The standard InChI is InChI=1S/2C26H24P2.2ClH.Mo/c2*1-5-13-23(14-6-1)27(24-15-7-2-8-16-24)21-22-28(25-17-9-3-10-18-25)26-19-11-4-12-20-26;;;/h2*1-20H,21-22H2;2*1H;/q;;;;+2/p+2. The van der Waals surface area contributed by atoms with Crippen LogP contribution in [-0.4, -0.2) is 24.6 Å². The Balaban J connectivity index is 0.000000186. The minimum atomic E-state index is -0.783. The number of rotatable bonds is 14. The molecule has 0 saturated carbocycles. The van der Waals surface area contributed by atoms with Gasteiger partial charge in [-0.15, -0.1) is 0 Å². The van der Waals surface area contributed by atoms with Crippen molar-refractivity contribution >= 4 is 93.0 Å². The zero-order valence-electron chi connectivity index (χ0n) is 33.1. The Morgan fingerprint density at radius 3 is 0.424 bits per heavy atom. The van der Waals surface area contributed by atoms with Crippen molar-refractivity contribution in [1.82, 2.24) is 0 Å². The zero-order valence-corrected chi connectivity index (χ0v) is 40.6. The Kier molecular flexibility index (Phi) is 20.1. The van der Waals surface area contributed by atoms with E-state index in [9.17, 15) is 0 Å². The topological polar surface area (TPSA) is 0 Å². The Bertz CT molecular complexity index is 1790. The van der Waals surface area contributed by atoms with Crippen LogP contribution < -0.4 is 42.4 Å². The first-order valence-electron chi connectivity index (χ1n) is 20.0. The van der Waals surface area contributed by atoms with Crippen molar-refractivity contribution in [3.63, 3.8) is 0 Å². The van der Waals surface area contributed by atoms with Gasteiger partial charge in [0, 0.05) is 0 Å². The first-order chi connectivity index (χ1) is 29.2. The molecule has 0 bridgehead atoms. The maximum atomic E-state index is 4.89. The van der Waals surface area contributed by atoms with Crippen LogP contribution in [0.15, 0.2) is 243 Å². The molecule has 59 heavy (non-hydrogen) atoms. The number of benzene rings is 8. The third-order valence-corrected chi connectivity index (χ3v) is 22.5. The summed E-state index contributed by atoms with van der Waals surface area (Å²) in [5.41, 5.74) is 0. The van der Waals surface area contributed by atoms with Crippen LogP contribution in [0.2, 0.25) is 0 Å². The van der Waals surface area contributed by atoms with Gasteiger partial charge in [-0.25, -0.2) is 0 Å². The van der Waals surface area contributed by atoms with E-state index in [1.807, 2.05) is 0 Å². The van der Waals surface area contributed by atoms with Crippen molar-refractivity contribution in [3.05, 3.63) is 243 Å². The molecule has 0 unspecified atom stereocenters. The van der Waals surface area contributed by atoms with E-state index in [-0.39, 0.29) is 0 Å². The third kappa shape index (κ3) is 14.4. The Morgan fingerprint density at radius 2 is 0.322 bits per heavy atom. The molecule has 0 aliphatic rings. The minimum absolute atomic E-state index is 0.586. The van der Waals surface area contributed by atoms with Crippen molar-refractivity contribution in [2.24, 2.45) is 0 Å². The summed E-state index contributed by atoms with van der Waals surface area (Å²) < 4.78 is 0. The van der Waals surface area contributed by atoms with E-state index >= 15 is 0 Å². The molecule has 0 amide bonds. The fraction of sp³-hybridized carbons (Fsp3) is 0.0769. The van der Waals surface area contributed by atoms with Crippen LogP contribution in [0.1, 0.15) is 0 Å². The molecule has 0 radical (unpaired) electrons. The van der Waals surface area contributed by atoms with Crippen molar-refractivity contribution < 1.29 is 16.5 Å². The Labute approximate surface area is 373 Å². The summed E-state index contributed by atoms with van der Waals surface area (Å²) in [4.78, 5) is 0. The van der Waals surface area contributed by atoms with E-state index < -0.39 is 48.2 Å². The van der Waals surface area contributed by atoms with Gasteiger partial charge in [0.05, 0.1) is 74.1 Å². The molecule has 0 atom stereocenters. The Hall–Kier alpha value is -3.25. The molecule has 8 aromatic rings. The van der Waals surface area contributed by atoms with E-state index in [2.05, 4.69) is 243 Å². The van der Waals surface area contributed by atoms with E-state index in [0.29, 0.717) is 0 Å². The first-order valence-corrected chi connectivity index (χ1v) is 32.0. The second kappa shape index (κ2) is 26.2. The molecular formula is C52H52Cl2MoP4+4. The monoisotopic (exact) mass is 968 g/mol. The molecule has 8 rings (SSSR count). The minimum Gasteiger partial charge on any atom is -0.0620 e. The van der Waals surface area contributed by atoms with Gasteiger partial charge in [-0.1, -0.05) is 146 Å². The van der Waals surface area contributed by atoms with Crippen LogP contribution in [-0.2, 0) is 16.5 Å². The van der Waals surface area contributed by atoms with Gasteiger partial charge in [-0.3, -0.25) is 0 Å². The molecule has 0 spiro atoms. The van der Waals surface area contributed by atoms with Crippen molar-refractivity contribution in [2.75, 3.05) is 24.6 Å². The summed E-state index contributed by atoms with van der Waals surface area (Å²) in [5, 5.41) is 12.1. The molecule has 296 valence electrons. The number of hydrogen-bond acceptors (Lipinski definition) is 0. The summed E-state index contributed by atoms with van der Waals surface area (Å²) >= 11 is -0.586. The summed E-state index contributed by atoms with van der Waals surface area (Å²) in [5.74, 6) is 0. The van der Waals surface area contributed by atoms with Gasteiger partial charge < -0.3 is 0 Å². The Morgan fingerprint density at radius 1 is 0.220 bits per heavy atom. The molecule has 0 saturated heterocycles. The molecule has 0 N–H and O–H groups in total. The smallest absolute Gasteiger partial charge is 0.0620 e. The molecular weight excluding hydrogens is 915 g/mol. The predicted molar refractivity (Wildman–Crippen MR) is 273 cm³/mol. The normalized spacial score (nSPS) is 10.8. The third-order valence-electron chi connectivity index (χ3n) is 10.2. The fourth-order valence-corrected chi connectivity index (χ4v) is 19.8. The van der Waals surface area contributed by atoms with Crippen LogP contribution in [0.4, 0.5) is 0 Å². The maximum Gasteiger partial charge on any atom is 0.101 e. The second-order valence-electron chi connectivity index (χ2n) is 13.9. The van der Waals surface area contributed by atoms with Crippen LogP contribution in [0, 0.1) is 0 Å². The van der Waals surface area contributed by atoms with Crippen LogP contribution >= 0.6 is 50.5 Å². The predicted octanol–water partition coefficient (Wildman–Crippen LogP) is 10.8. The van der Waals surface area contributed by atoms with Crippen LogP contribution in [0.25, 0.3) is 0 Å². The van der Waals surface area contributed by atoms with Gasteiger partial charge in [-0.2, -0.15) is 0 Å². The summed E-state index contributed by atoms with van der Waals surface area (Å²) in [7, 11) is 6.65. The molecule has 0 aliphatic heterocycles. The molecule has 7 heteroatoms. The summed E-state index contributed by atoms with van der Waals surface area (Å²) in [6.45, 7) is 0. The SMILES string of the molecule is [Cl][Mo][Cl].c1ccc([PH+](CC[PH+](c2ccccc2)c2ccccc2)c2ccccc2)cc1.c1ccc([PH+](CC[PH+](c2ccccc2)c2ccccc2)c2ccccc2)cc1. The fourth-order valence-electron chi connectivity index (χ4n) is 7.44. The zero-order chi connectivity index (χ0) is 40.7. The van der Waals surface area contributed by atoms with Gasteiger partial charge in [-0.05, 0) is 97.1 Å². The van der Waals surface area contributed by atoms with Crippen molar-refractivity contribution in [1.29, 1.82) is 0 Å². The molecule has 8 aromatic carbocycles. The molecule has 0 aromatic heterocycles. The van der Waals surface area contributed by atoms with E-state index in [4.69, 9.17) is 18.8 Å². The van der Waals surface area contributed by atoms with Gasteiger partial charge in [0.2, 0.25) is 0 Å². The summed E-state index contributed by atoms with van der Waals surface area (Å²) in [6, 6.07) is 89.0. The molecule has 0 aliphatic carbocycles. The van der Waals surface area contributed by atoms with Crippen LogP contribution in [0.5, 0.6) is 0 Å². The number of halogens is 2. The molecule has 0 nitrogen and oxygen atoms in total. The van der Waals surface area contributed by atoms with Gasteiger partial charge in [0.15, 0.2) is 0 Å². The maximum absolute atomic E-state index is 4.89. The second-order valence-corrected chi connectivity index (χ2v) is 27.4. The molecule has 0 heterocycles. The number of hydrogen-bond donors (Lipinski definition) is 0. The van der Waals surface area contributed by atoms with E-state index in [1.165, 1.54) is 67.1 Å². The van der Waals surface area contributed by atoms with Crippen molar-refractivity contribution in [2.45, 2.75) is 0 Å². The first kappa shape index (κ1) is 45.3. The average Bonchev–Trinajstić information content (AvgIpc) is 3.32. The quantitative estimate of drug-likeness (QED) is 0.0753. The van der Waals surface area contributed by atoms with Gasteiger partial charge in [0.1, 0.15) is 24.6 Å². The van der Waals surface area contributed by atoms with Crippen LogP contribution in [0.3, 0.4) is 0 Å². The van der Waals surface area contributed by atoms with E-state index in [0.717, 1.165) is 0 Å². The van der Waals surface area contributed by atoms with Crippen molar-refractivity contribution in [3.8, 4) is 0 Å². The van der Waals surface area contributed by atoms with E-state index in [1.54, 1.807) is 0 Å². The molecule has 0 fully saturated rings. The summed E-state index contributed by atoms with van der Waals surface area (Å²) in [6.07, 6.45) is 5.04. The van der Waals surface area contributed by atoms with Gasteiger partial charge >= 0.3 is 35.3 Å². The average molecular weight is 968 g/mol. The largest absolute Gasteiger partial charge is 0.101 e.